The van der Waals surface area contributed by atoms with E-state index in [0.717, 1.165) is 20.7 Å². The highest BCUT2D eigenvalue weighted by Gasteiger charge is 2.08. The zero-order chi connectivity index (χ0) is 10.8. The molecule has 15 heavy (non-hydrogen) atoms. The molecular formula is C10H8BrClN2S. The lowest BCUT2D eigenvalue weighted by atomic mass is 10.2. The highest BCUT2D eigenvalue weighted by Crippen LogP contribution is 2.32. The first-order chi connectivity index (χ1) is 7.20. The first-order valence-corrected chi connectivity index (χ1v) is 6.35. The fraction of sp³-hybridized carbons (Fsp3) is 0.100. The topological polar surface area (TPSA) is 38.9 Å². The van der Waals surface area contributed by atoms with Crippen LogP contribution < -0.4 is 5.73 Å². The molecule has 1 aromatic heterocycles. The number of hydrogen-bond acceptors (Lipinski definition) is 3. The number of hydrogen-bond donors (Lipinski definition) is 1. The number of benzene rings is 1. The number of thiazole rings is 1. The monoisotopic (exact) mass is 302 g/mol. The Morgan fingerprint density at radius 2 is 2.27 bits per heavy atom. The van der Waals surface area contributed by atoms with Crippen molar-refractivity contribution in [3.05, 3.63) is 38.8 Å². The molecule has 0 radical (unpaired) electrons. The highest BCUT2D eigenvalue weighted by molar-refractivity contribution is 9.10. The molecule has 0 saturated heterocycles. The molecule has 0 aliphatic heterocycles. The van der Waals surface area contributed by atoms with Crippen molar-refractivity contribution in [1.29, 1.82) is 0 Å². The summed E-state index contributed by atoms with van der Waals surface area (Å²) < 4.78 is 0.965. The second-order valence-electron chi connectivity index (χ2n) is 2.97. The number of rotatable bonds is 2. The van der Waals surface area contributed by atoms with E-state index in [2.05, 4.69) is 20.9 Å². The molecule has 0 unspecified atom stereocenters. The standard InChI is InChI=1S/C10H8BrClN2S/c11-6-1-2-8(9(12)3-6)10-14-7(4-13)5-15-10/h1-3,5H,4,13H2. The molecule has 0 spiro atoms. The van der Waals surface area contributed by atoms with Gasteiger partial charge in [0.1, 0.15) is 5.01 Å². The Morgan fingerprint density at radius 3 is 2.87 bits per heavy atom. The van der Waals surface area contributed by atoms with Gasteiger partial charge in [-0.25, -0.2) is 4.98 Å². The normalized spacial score (nSPS) is 10.6. The van der Waals surface area contributed by atoms with Gasteiger partial charge >= 0.3 is 0 Å². The molecule has 0 saturated carbocycles. The predicted molar refractivity (Wildman–Crippen MR) is 68.2 cm³/mol. The molecule has 0 atom stereocenters. The van der Waals surface area contributed by atoms with Crippen molar-refractivity contribution >= 4 is 38.9 Å². The van der Waals surface area contributed by atoms with Gasteiger partial charge in [-0.3, -0.25) is 0 Å². The largest absolute Gasteiger partial charge is 0.325 e. The molecule has 0 aliphatic carbocycles. The smallest absolute Gasteiger partial charge is 0.125 e. The molecule has 78 valence electrons. The van der Waals surface area contributed by atoms with Crippen LogP contribution in [0.5, 0.6) is 0 Å². The predicted octanol–water partition coefficient (Wildman–Crippen LogP) is 3.68. The van der Waals surface area contributed by atoms with Gasteiger partial charge in [0, 0.05) is 22.0 Å². The fourth-order valence-corrected chi connectivity index (χ4v) is 2.88. The zero-order valence-corrected chi connectivity index (χ0v) is 10.9. The Bertz CT molecular complexity index is 484. The summed E-state index contributed by atoms with van der Waals surface area (Å²) in [4.78, 5) is 4.38. The maximum Gasteiger partial charge on any atom is 0.125 e. The Balaban J connectivity index is 2.44. The van der Waals surface area contributed by atoms with Gasteiger partial charge in [0.15, 0.2) is 0 Å². The molecule has 1 heterocycles. The van der Waals surface area contributed by atoms with E-state index in [4.69, 9.17) is 17.3 Å². The Kier molecular flexibility index (Phi) is 3.41. The molecular weight excluding hydrogens is 296 g/mol. The van der Waals surface area contributed by atoms with Crippen molar-refractivity contribution in [1.82, 2.24) is 4.98 Å². The number of halogens is 2. The molecule has 5 heteroatoms. The molecule has 2 aromatic rings. The minimum atomic E-state index is 0.463. The second-order valence-corrected chi connectivity index (χ2v) is 5.15. The van der Waals surface area contributed by atoms with Crippen LogP contribution in [0, 0.1) is 0 Å². The molecule has 0 bridgehead atoms. The number of nitrogens with zero attached hydrogens (tertiary/aromatic N) is 1. The lowest BCUT2D eigenvalue weighted by Gasteiger charge is -2.00. The van der Waals surface area contributed by atoms with Crippen LogP contribution in [0.1, 0.15) is 5.69 Å². The van der Waals surface area contributed by atoms with E-state index in [9.17, 15) is 0 Å². The summed E-state index contributed by atoms with van der Waals surface area (Å²) in [6, 6.07) is 5.76. The van der Waals surface area contributed by atoms with Crippen molar-refractivity contribution in [2.24, 2.45) is 5.73 Å². The summed E-state index contributed by atoms with van der Waals surface area (Å²) in [5.41, 5.74) is 7.35. The van der Waals surface area contributed by atoms with Gasteiger partial charge in [0.05, 0.1) is 10.7 Å². The third kappa shape index (κ3) is 2.39. The maximum absolute atomic E-state index is 6.12. The molecule has 2 N–H and O–H groups in total. The van der Waals surface area contributed by atoms with Crippen molar-refractivity contribution in [3.63, 3.8) is 0 Å². The quantitative estimate of drug-likeness (QED) is 0.919. The number of nitrogens with two attached hydrogens (primary N) is 1. The van der Waals surface area contributed by atoms with E-state index in [-0.39, 0.29) is 0 Å². The van der Waals surface area contributed by atoms with Crippen LogP contribution in [-0.4, -0.2) is 4.98 Å². The Labute approximate surface area is 105 Å². The van der Waals surface area contributed by atoms with Gasteiger partial charge in [0.2, 0.25) is 0 Å². The van der Waals surface area contributed by atoms with Crippen molar-refractivity contribution < 1.29 is 0 Å². The first-order valence-electron chi connectivity index (χ1n) is 4.30. The number of aromatic nitrogens is 1. The van der Waals surface area contributed by atoms with Crippen LogP contribution >= 0.6 is 38.9 Å². The van der Waals surface area contributed by atoms with E-state index in [1.807, 2.05) is 23.6 Å². The Morgan fingerprint density at radius 1 is 1.47 bits per heavy atom. The van der Waals surface area contributed by atoms with Crippen LogP contribution in [0.25, 0.3) is 10.6 Å². The molecule has 2 nitrogen and oxygen atoms in total. The van der Waals surface area contributed by atoms with Crippen LogP contribution in [-0.2, 0) is 6.54 Å². The summed E-state index contributed by atoms with van der Waals surface area (Å²) in [6.07, 6.45) is 0. The van der Waals surface area contributed by atoms with E-state index in [1.54, 1.807) is 11.3 Å². The summed E-state index contributed by atoms with van der Waals surface area (Å²) in [5.74, 6) is 0. The molecule has 0 aliphatic rings. The highest BCUT2D eigenvalue weighted by atomic mass is 79.9. The minimum absolute atomic E-state index is 0.463. The summed E-state index contributed by atoms with van der Waals surface area (Å²) >= 11 is 11.0. The van der Waals surface area contributed by atoms with Crippen molar-refractivity contribution in [2.75, 3.05) is 0 Å². The van der Waals surface area contributed by atoms with Gasteiger partial charge in [-0.15, -0.1) is 11.3 Å². The van der Waals surface area contributed by atoms with Crippen LogP contribution in [0.3, 0.4) is 0 Å². The van der Waals surface area contributed by atoms with Gasteiger partial charge in [0.25, 0.3) is 0 Å². The summed E-state index contributed by atoms with van der Waals surface area (Å²) in [7, 11) is 0. The van der Waals surface area contributed by atoms with Gasteiger partial charge in [-0.05, 0) is 18.2 Å². The van der Waals surface area contributed by atoms with Crippen molar-refractivity contribution in [3.8, 4) is 10.6 Å². The zero-order valence-electron chi connectivity index (χ0n) is 7.71. The molecule has 1 aromatic carbocycles. The van der Waals surface area contributed by atoms with Gasteiger partial charge in [-0.2, -0.15) is 0 Å². The SMILES string of the molecule is NCc1csc(-c2ccc(Br)cc2Cl)n1. The molecule has 0 amide bonds. The maximum atomic E-state index is 6.12. The third-order valence-electron chi connectivity index (χ3n) is 1.92. The van der Waals surface area contributed by atoms with E-state index < -0.39 is 0 Å². The minimum Gasteiger partial charge on any atom is -0.325 e. The summed E-state index contributed by atoms with van der Waals surface area (Å²) in [5, 5.41) is 3.56. The van der Waals surface area contributed by atoms with Gasteiger partial charge < -0.3 is 5.73 Å². The molecule has 0 fully saturated rings. The van der Waals surface area contributed by atoms with E-state index in [1.165, 1.54) is 0 Å². The lowest BCUT2D eigenvalue weighted by Crippen LogP contribution is -1.95. The van der Waals surface area contributed by atoms with Crippen molar-refractivity contribution in [2.45, 2.75) is 6.54 Å². The van der Waals surface area contributed by atoms with E-state index in [0.29, 0.717) is 11.6 Å². The van der Waals surface area contributed by atoms with E-state index >= 15 is 0 Å². The lowest BCUT2D eigenvalue weighted by molar-refractivity contribution is 1.01. The van der Waals surface area contributed by atoms with Gasteiger partial charge in [-0.1, -0.05) is 27.5 Å². The fourth-order valence-electron chi connectivity index (χ4n) is 1.19. The third-order valence-corrected chi connectivity index (χ3v) is 3.65. The average molecular weight is 304 g/mol. The summed E-state index contributed by atoms with van der Waals surface area (Å²) in [6.45, 7) is 0.463. The first kappa shape index (κ1) is 11.1. The molecule has 2 rings (SSSR count). The Hall–Kier alpha value is -0.420. The van der Waals surface area contributed by atoms with Crippen LogP contribution in [0.2, 0.25) is 5.02 Å². The average Bonchev–Trinajstić information content (AvgIpc) is 2.66. The van der Waals surface area contributed by atoms with Crippen LogP contribution in [0.15, 0.2) is 28.1 Å². The second kappa shape index (κ2) is 4.61. The van der Waals surface area contributed by atoms with Crippen LogP contribution in [0.4, 0.5) is 0 Å².